The van der Waals surface area contributed by atoms with Crippen LogP contribution >= 0.6 is 11.6 Å². The zero-order valence-electron chi connectivity index (χ0n) is 11.6. The Morgan fingerprint density at radius 3 is 2.43 bits per heavy atom. The molecule has 0 unspecified atom stereocenters. The molecular weight excluding hydrogens is 295 g/mol. The lowest BCUT2D eigenvalue weighted by molar-refractivity contribution is -0.131. The van der Waals surface area contributed by atoms with Gasteiger partial charge in [-0.15, -0.1) is 11.6 Å². The van der Waals surface area contributed by atoms with Crippen molar-refractivity contribution >= 4 is 23.4 Å². The van der Waals surface area contributed by atoms with Crippen LogP contribution in [0.4, 0.5) is 4.39 Å². The number of carbonyl (C=O) groups is 2. The lowest BCUT2D eigenvalue weighted by Gasteiger charge is -2.32. The molecule has 0 atom stereocenters. The van der Waals surface area contributed by atoms with Gasteiger partial charge in [-0.2, -0.15) is 0 Å². The summed E-state index contributed by atoms with van der Waals surface area (Å²) < 4.78 is 12.8. The third-order valence-corrected chi connectivity index (χ3v) is 3.85. The van der Waals surface area contributed by atoms with Crippen molar-refractivity contribution < 1.29 is 14.0 Å². The quantitative estimate of drug-likeness (QED) is 0.861. The van der Waals surface area contributed by atoms with E-state index in [-0.39, 0.29) is 36.0 Å². The molecule has 6 heteroatoms. The third kappa shape index (κ3) is 4.70. The van der Waals surface area contributed by atoms with Gasteiger partial charge in [-0.1, -0.05) is 12.1 Å². The number of nitrogens with zero attached hydrogens (tertiary/aromatic N) is 1. The largest absolute Gasteiger partial charge is 0.352 e. The number of halogens is 2. The lowest BCUT2D eigenvalue weighted by atomic mass is 10.0. The molecule has 0 spiro atoms. The smallest absolute Gasteiger partial charge is 0.235 e. The SMILES string of the molecule is O=C(CCl)NC1CCN(C(=O)Cc2ccc(F)cc2)CC1. The van der Waals surface area contributed by atoms with Gasteiger partial charge in [0.25, 0.3) is 0 Å². The molecule has 0 aliphatic carbocycles. The minimum Gasteiger partial charge on any atom is -0.352 e. The molecule has 1 aliphatic rings. The van der Waals surface area contributed by atoms with E-state index < -0.39 is 0 Å². The highest BCUT2D eigenvalue weighted by Gasteiger charge is 2.23. The van der Waals surface area contributed by atoms with Gasteiger partial charge in [-0.3, -0.25) is 9.59 Å². The average molecular weight is 313 g/mol. The summed E-state index contributed by atoms with van der Waals surface area (Å²) in [6.07, 6.45) is 1.74. The third-order valence-electron chi connectivity index (χ3n) is 3.60. The van der Waals surface area contributed by atoms with Gasteiger partial charge in [0, 0.05) is 19.1 Å². The number of hydrogen-bond acceptors (Lipinski definition) is 2. The molecule has 1 N–H and O–H groups in total. The zero-order chi connectivity index (χ0) is 15.2. The molecule has 2 amide bonds. The van der Waals surface area contributed by atoms with Gasteiger partial charge in [0.1, 0.15) is 11.7 Å². The molecule has 114 valence electrons. The summed E-state index contributed by atoms with van der Waals surface area (Å²) in [6.45, 7) is 1.24. The monoisotopic (exact) mass is 312 g/mol. The summed E-state index contributed by atoms with van der Waals surface area (Å²) in [5, 5.41) is 2.83. The Morgan fingerprint density at radius 2 is 1.86 bits per heavy atom. The van der Waals surface area contributed by atoms with Crippen molar-refractivity contribution in [3.05, 3.63) is 35.6 Å². The minimum absolute atomic E-state index is 0.0312. The molecule has 1 heterocycles. The Hall–Kier alpha value is -1.62. The number of benzene rings is 1. The van der Waals surface area contributed by atoms with Crippen molar-refractivity contribution in [2.45, 2.75) is 25.3 Å². The van der Waals surface area contributed by atoms with Crippen LogP contribution in [0.3, 0.4) is 0 Å². The molecule has 0 saturated carbocycles. The maximum Gasteiger partial charge on any atom is 0.235 e. The van der Waals surface area contributed by atoms with Crippen molar-refractivity contribution in [3.63, 3.8) is 0 Å². The first-order chi connectivity index (χ1) is 10.1. The van der Waals surface area contributed by atoms with E-state index in [0.717, 1.165) is 18.4 Å². The normalized spacial score (nSPS) is 15.8. The second-order valence-corrected chi connectivity index (χ2v) is 5.43. The molecule has 1 aliphatic heterocycles. The van der Waals surface area contributed by atoms with Gasteiger partial charge in [-0.25, -0.2) is 4.39 Å². The number of amides is 2. The summed E-state index contributed by atoms with van der Waals surface area (Å²) in [6, 6.07) is 6.06. The molecule has 1 fully saturated rings. The number of piperidine rings is 1. The number of alkyl halides is 1. The van der Waals surface area contributed by atoms with E-state index in [2.05, 4.69) is 5.32 Å². The highest BCUT2D eigenvalue weighted by atomic mass is 35.5. The van der Waals surface area contributed by atoms with E-state index in [1.54, 1.807) is 17.0 Å². The average Bonchev–Trinajstić information content (AvgIpc) is 2.50. The van der Waals surface area contributed by atoms with Crippen LogP contribution < -0.4 is 5.32 Å². The Labute approximate surface area is 128 Å². The van der Waals surface area contributed by atoms with E-state index >= 15 is 0 Å². The van der Waals surface area contributed by atoms with Gasteiger partial charge >= 0.3 is 0 Å². The molecule has 21 heavy (non-hydrogen) atoms. The summed E-state index contributed by atoms with van der Waals surface area (Å²) in [4.78, 5) is 25.2. The van der Waals surface area contributed by atoms with Crippen molar-refractivity contribution in [2.24, 2.45) is 0 Å². The summed E-state index contributed by atoms with van der Waals surface area (Å²) in [7, 11) is 0. The number of carbonyl (C=O) groups excluding carboxylic acids is 2. The van der Waals surface area contributed by atoms with Crippen molar-refractivity contribution in [2.75, 3.05) is 19.0 Å². The van der Waals surface area contributed by atoms with E-state index in [1.165, 1.54) is 12.1 Å². The van der Waals surface area contributed by atoms with Gasteiger partial charge in [-0.05, 0) is 30.5 Å². The lowest BCUT2D eigenvalue weighted by Crippen LogP contribution is -2.47. The Morgan fingerprint density at radius 1 is 1.24 bits per heavy atom. The number of hydrogen-bond donors (Lipinski definition) is 1. The van der Waals surface area contributed by atoms with Gasteiger partial charge in [0.2, 0.25) is 11.8 Å². The Kier molecular flexibility index (Phi) is 5.56. The van der Waals surface area contributed by atoms with Crippen molar-refractivity contribution in [1.29, 1.82) is 0 Å². The molecule has 0 radical (unpaired) electrons. The predicted molar refractivity (Wildman–Crippen MR) is 78.6 cm³/mol. The topological polar surface area (TPSA) is 49.4 Å². The summed E-state index contributed by atoms with van der Waals surface area (Å²) >= 11 is 5.45. The molecular formula is C15H18ClFN2O2. The maximum absolute atomic E-state index is 12.8. The predicted octanol–water partition coefficient (Wildman–Crippen LogP) is 1.71. The van der Waals surface area contributed by atoms with Crippen LogP contribution in [-0.2, 0) is 16.0 Å². The van der Waals surface area contributed by atoms with Gasteiger partial charge in [0.05, 0.1) is 6.42 Å². The fraction of sp³-hybridized carbons (Fsp3) is 0.467. The summed E-state index contributed by atoms with van der Waals surface area (Å²) in [5.41, 5.74) is 0.805. The number of likely N-dealkylation sites (tertiary alicyclic amines) is 1. The first-order valence-electron chi connectivity index (χ1n) is 6.96. The first kappa shape index (κ1) is 15.8. The molecule has 1 aromatic rings. The van der Waals surface area contributed by atoms with E-state index in [4.69, 9.17) is 11.6 Å². The van der Waals surface area contributed by atoms with E-state index in [0.29, 0.717) is 13.1 Å². The molecule has 0 aromatic heterocycles. The molecule has 2 rings (SSSR count). The summed E-state index contributed by atoms with van der Waals surface area (Å²) in [5.74, 6) is -0.484. The highest BCUT2D eigenvalue weighted by molar-refractivity contribution is 6.27. The van der Waals surface area contributed by atoms with Crippen LogP contribution in [0.1, 0.15) is 18.4 Å². The second-order valence-electron chi connectivity index (χ2n) is 5.16. The Balaban J connectivity index is 1.80. The van der Waals surface area contributed by atoms with Crippen LogP contribution in [-0.4, -0.2) is 41.7 Å². The fourth-order valence-electron chi connectivity index (χ4n) is 2.43. The van der Waals surface area contributed by atoms with E-state index in [1.807, 2.05) is 0 Å². The molecule has 1 aromatic carbocycles. The van der Waals surface area contributed by atoms with Crippen molar-refractivity contribution in [3.8, 4) is 0 Å². The highest BCUT2D eigenvalue weighted by Crippen LogP contribution is 2.13. The van der Waals surface area contributed by atoms with Crippen LogP contribution in [0.2, 0.25) is 0 Å². The van der Waals surface area contributed by atoms with E-state index in [9.17, 15) is 14.0 Å². The Bertz CT molecular complexity index is 499. The number of rotatable bonds is 4. The standard InChI is InChI=1S/C15H18ClFN2O2/c16-10-14(20)18-13-5-7-19(8-6-13)15(21)9-11-1-3-12(17)4-2-11/h1-4,13H,5-10H2,(H,18,20). The van der Waals surface area contributed by atoms with Gasteiger partial charge in [0.15, 0.2) is 0 Å². The maximum atomic E-state index is 12.8. The fourth-order valence-corrected chi connectivity index (χ4v) is 2.51. The van der Waals surface area contributed by atoms with Crippen molar-refractivity contribution in [1.82, 2.24) is 10.2 Å². The molecule has 4 nitrogen and oxygen atoms in total. The minimum atomic E-state index is -0.304. The van der Waals surface area contributed by atoms with Crippen LogP contribution in [0.5, 0.6) is 0 Å². The van der Waals surface area contributed by atoms with Crippen LogP contribution in [0.15, 0.2) is 24.3 Å². The van der Waals surface area contributed by atoms with Crippen LogP contribution in [0, 0.1) is 5.82 Å². The van der Waals surface area contributed by atoms with Crippen LogP contribution in [0.25, 0.3) is 0 Å². The molecule has 1 saturated heterocycles. The second kappa shape index (κ2) is 7.41. The zero-order valence-corrected chi connectivity index (χ0v) is 12.4. The first-order valence-corrected chi connectivity index (χ1v) is 7.49. The van der Waals surface area contributed by atoms with Gasteiger partial charge < -0.3 is 10.2 Å². The number of nitrogens with one attached hydrogen (secondary N) is 1. The molecule has 0 bridgehead atoms.